The lowest BCUT2D eigenvalue weighted by molar-refractivity contribution is -0.132. The Hall–Kier alpha value is -0.990. The van der Waals surface area contributed by atoms with Gasteiger partial charge in [-0.3, -0.25) is 14.0 Å². The standard InChI is InChI=1S/C20H27FO2/c1-20-8-6-16-15-3-2-14(22)11-13(15)10-12(7-9-21)19(16)17(20)4-5-18(20)23/h11-12,15-17,19H,2-10H2,1H3/t12-,15+,16-,17+,19-,20+/m1/s1. The molecule has 0 aromatic heterocycles. The van der Waals surface area contributed by atoms with Crippen molar-refractivity contribution in [2.24, 2.45) is 35.0 Å². The molecule has 23 heavy (non-hydrogen) atoms. The molecule has 126 valence electrons. The Balaban J connectivity index is 1.70. The van der Waals surface area contributed by atoms with E-state index in [1.54, 1.807) is 0 Å². The molecule has 0 saturated heterocycles. The van der Waals surface area contributed by atoms with Crippen molar-refractivity contribution in [2.75, 3.05) is 6.67 Å². The molecule has 0 heterocycles. The summed E-state index contributed by atoms with van der Waals surface area (Å²) < 4.78 is 13.2. The summed E-state index contributed by atoms with van der Waals surface area (Å²) in [7, 11) is 0. The summed E-state index contributed by atoms with van der Waals surface area (Å²) in [4.78, 5) is 24.3. The molecule has 0 unspecified atom stereocenters. The summed E-state index contributed by atoms with van der Waals surface area (Å²) >= 11 is 0. The van der Waals surface area contributed by atoms with Crippen molar-refractivity contribution in [2.45, 2.75) is 58.3 Å². The quantitative estimate of drug-likeness (QED) is 0.761. The maximum absolute atomic E-state index is 13.2. The zero-order valence-electron chi connectivity index (χ0n) is 14.0. The average molecular weight is 318 g/mol. The van der Waals surface area contributed by atoms with Gasteiger partial charge in [0.25, 0.3) is 0 Å². The van der Waals surface area contributed by atoms with Crippen LogP contribution in [0.3, 0.4) is 0 Å². The van der Waals surface area contributed by atoms with E-state index in [9.17, 15) is 14.0 Å². The predicted octanol–water partition coefficient (Wildman–Crippen LogP) is 4.28. The van der Waals surface area contributed by atoms with Crippen LogP contribution in [0.15, 0.2) is 11.6 Å². The van der Waals surface area contributed by atoms with Crippen LogP contribution in [0.2, 0.25) is 0 Å². The van der Waals surface area contributed by atoms with E-state index in [1.165, 1.54) is 5.57 Å². The largest absolute Gasteiger partial charge is 0.299 e. The molecular weight excluding hydrogens is 291 g/mol. The minimum absolute atomic E-state index is 0.151. The number of carbonyl (C=O) groups excluding carboxylic acids is 2. The molecule has 0 aliphatic heterocycles. The monoisotopic (exact) mass is 318 g/mol. The number of ketones is 2. The summed E-state index contributed by atoms with van der Waals surface area (Å²) in [6.45, 7) is 1.89. The second-order valence-electron chi connectivity index (χ2n) is 8.54. The molecule has 3 heteroatoms. The van der Waals surface area contributed by atoms with Crippen LogP contribution in [0.5, 0.6) is 0 Å². The molecule has 0 amide bonds. The predicted molar refractivity (Wildman–Crippen MR) is 86.6 cm³/mol. The number of hydrogen-bond acceptors (Lipinski definition) is 2. The topological polar surface area (TPSA) is 34.1 Å². The van der Waals surface area contributed by atoms with Gasteiger partial charge >= 0.3 is 0 Å². The van der Waals surface area contributed by atoms with Crippen molar-refractivity contribution < 1.29 is 14.0 Å². The smallest absolute Gasteiger partial charge is 0.155 e. The van der Waals surface area contributed by atoms with Crippen molar-refractivity contribution in [1.82, 2.24) is 0 Å². The highest BCUT2D eigenvalue weighted by atomic mass is 19.1. The van der Waals surface area contributed by atoms with Crippen molar-refractivity contribution in [3.63, 3.8) is 0 Å². The number of hydrogen-bond donors (Lipinski definition) is 0. The van der Waals surface area contributed by atoms with E-state index in [2.05, 4.69) is 6.92 Å². The Morgan fingerprint density at radius 3 is 2.83 bits per heavy atom. The molecule has 6 atom stereocenters. The number of halogens is 1. The van der Waals surface area contributed by atoms with Crippen LogP contribution in [0, 0.1) is 35.0 Å². The van der Waals surface area contributed by atoms with Gasteiger partial charge in [0.1, 0.15) is 5.78 Å². The number of allylic oxidation sites excluding steroid dienone is 1. The summed E-state index contributed by atoms with van der Waals surface area (Å²) in [5.41, 5.74) is 1.15. The fourth-order valence-electron chi connectivity index (χ4n) is 6.59. The lowest BCUT2D eigenvalue weighted by atomic mass is 9.49. The summed E-state index contributed by atoms with van der Waals surface area (Å²) in [5, 5.41) is 0. The molecular formula is C20H27FO2. The highest BCUT2D eigenvalue weighted by molar-refractivity contribution is 5.91. The van der Waals surface area contributed by atoms with E-state index in [0.717, 1.165) is 38.5 Å². The van der Waals surface area contributed by atoms with Crippen molar-refractivity contribution in [1.29, 1.82) is 0 Å². The fraction of sp³-hybridized carbons (Fsp3) is 0.800. The zero-order chi connectivity index (χ0) is 16.2. The Bertz CT molecular complexity index is 566. The minimum atomic E-state index is -0.281. The Kier molecular flexibility index (Phi) is 3.73. The molecule has 4 aliphatic rings. The van der Waals surface area contributed by atoms with Gasteiger partial charge in [-0.2, -0.15) is 0 Å². The maximum atomic E-state index is 13.2. The molecule has 0 bridgehead atoms. The summed E-state index contributed by atoms with van der Waals surface area (Å²) in [6, 6.07) is 0. The van der Waals surface area contributed by atoms with Crippen molar-refractivity contribution in [3.05, 3.63) is 11.6 Å². The Labute approximate surface area is 137 Å². The van der Waals surface area contributed by atoms with Gasteiger partial charge in [-0.15, -0.1) is 0 Å². The van der Waals surface area contributed by atoms with E-state index < -0.39 is 0 Å². The van der Waals surface area contributed by atoms with Gasteiger partial charge in [0, 0.05) is 18.3 Å². The molecule has 2 nitrogen and oxygen atoms in total. The minimum Gasteiger partial charge on any atom is -0.299 e. The Morgan fingerprint density at radius 1 is 1.22 bits per heavy atom. The van der Waals surface area contributed by atoms with E-state index in [4.69, 9.17) is 0 Å². The molecule has 0 aromatic carbocycles. The van der Waals surface area contributed by atoms with Crippen LogP contribution < -0.4 is 0 Å². The zero-order valence-corrected chi connectivity index (χ0v) is 14.0. The molecule has 0 radical (unpaired) electrons. The third kappa shape index (κ3) is 2.26. The lowest BCUT2D eigenvalue weighted by Gasteiger charge is -2.55. The number of Topliss-reactive ketones (excluding diaryl/α,β-unsaturated/α-hetero) is 1. The van der Waals surface area contributed by atoms with Crippen molar-refractivity contribution in [3.8, 4) is 0 Å². The fourth-order valence-corrected chi connectivity index (χ4v) is 6.59. The van der Waals surface area contributed by atoms with Gasteiger partial charge in [-0.25, -0.2) is 0 Å². The van der Waals surface area contributed by atoms with Crippen molar-refractivity contribution >= 4 is 11.6 Å². The second-order valence-corrected chi connectivity index (χ2v) is 8.54. The first-order valence-electron chi connectivity index (χ1n) is 9.37. The maximum Gasteiger partial charge on any atom is 0.155 e. The average Bonchev–Trinajstić information content (AvgIpc) is 2.83. The molecule has 4 aliphatic carbocycles. The summed E-state index contributed by atoms with van der Waals surface area (Å²) in [6.07, 6.45) is 8.83. The molecule has 3 saturated carbocycles. The highest BCUT2D eigenvalue weighted by Crippen LogP contribution is 2.62. The number of rotatable bonds is 2. The first-order chi connectivity index (χ1) is 11.0. The third-order valence-corrected chi connectivity index (χ3v) is 7.66. The van der Waals surface area contributed by atoms with Gasteiger partial charge in [0.15, 0.2) is 5.78 Å². The van der Waals surface area contributed by atoms with E-state index >= 15 is 0 Å². The van der Waals surface area contributed by atoms with Crippen LogP contribution in [-0.4, -0.2) is 18.2 Å². The Morgan fingerprint density at radius 2 is 2.04 bits per heavy atom. The van der Waals surface area contributed by atoms with Gasteiger partial charge in [0.2, 0.25) is 0 Å². The van der Waals surface area contributed by atoms with Crippen LogP contribution in [0.1, 0.15) is 58.3 Å². The van der Waals surface area contributed by atoms with E-state index in [1.807, 2.05) is 6.08 Å². The van der Waals surface area contributed by atoms with Gasteiger partial charge in [-0.1, -0.05) is 12.5 Å². The number of carbonyl (C=O) groups is 2. The number of fused-ring (bicyclic) bond motifs is 5. The van der Waals surface area contributed by atoms with E-state index in [0.29, 0.717) is 48.2 Å². The van der Waals surface area contributed by atoms with Gasteiger partial charge in [0.05, 0.1) is 6.67 Å². The molecule has 3 fully saturated rings. The lowest BCUT2D eigenvalue weighted by Crippen LogP contribution is -2.50. The highest BCUT2D eigenvalue weighted by Gasteiger charge is 2.58. The molecule has 0 spiro atoms. The van der Waals surface area contributed by atoms with Crippen LogP contribution in [-0.2, 0) is 9.59 Å². The van der Waals surface area contributed by atoms with Crippen LogP contribution in [0.4, 0.5) is 4.39 Å². The molecule has 0 N–H and O–H groups in total. The normalized spacial score (nSPS) is 46.0. The summed E-state index contributed by atoms with van der Waals surface area (Å²) in [5.74, 6) is 3.06. The van der Waals surface area contributed by atoms with E-state index in [-0.39, 0.29) is 17.9 Å². The molecule has 0 aromatic rings. The molecule has 4 rings (SSSR count). The van der Waals surface area contributed by atoms with Crippen LogP contribution >= 0.6 is 0 Å². The SMILES string of the molecule is C[C@]12CC[C@H]3[C@@H]([C@H](CCF)CC4=CC(=O)CC[C@@H]43)[C@@H]1CCC2=O. The van der Waals surface area contributed by atoms with Crippen LogP contribution in [0.25, 0.3) is 0 Å². The first kappa shape index (κ1) is 15.5. The third-order valence-electron chi connectivity index (χ3n) is 7.66. The van der Waals surface area contributed by atoms with Gasteiger partial charge < -0.3 is 0 Å². The first-order valence-corrected chi connectivity index (χ1v) is 9.37. The number of alkyl halides is 1. The second kappa shape index (κ2) is 5.53. The van der Waals surface area contributed by atoms with Gasteiger partial charge in [-0.05, 0) is 74.2 Å².